The lowest BCUT2D eigenvalue weighted by atomic mass is 9.82. The summed E-state index contributed by atoms with van der Waals surface area (Å²) in [7, 11) is 1.65. The summed E-state index contributed by atoms with van der Waals surface area (Å²) in [6.07, 6.45) is 17.2. The summed E-state index contributed by atoms with van der Waals surface area (Å²) < 4.78 is 23.7. The van der Waals surface area contributed by atoms with Crippen molar-refractivity contribution in [3.63, 3.8) is 0 Å². The van der Waals surface area contributed by atoms with Gasteiger partial charge < -0.3 is 40.4 Å². The summed E-state index contributed by atoms with van der Waals surface area (Å²) in [5, 5.41) is 11.1. The summed E-state index contributed by atoms with van der Waals surface area (Å²) in [5.74, 6) is -1.81. The van der Waals surface area contributed by atoms with Crippen molar-refractivity contribution in [1.82, 2.24) is 4.90 Å². The number of allylic oxidation sites excluding steroid dienone is 6. The number of carbonyl (C=O) groups excluding carboxylic acids is 5. The van der Waals surface area contributed by atoms with Gasteiger partial charge in [-0.25, -0.2) is 9.59 Å². The predicted molar refractivity (Wildman–Crippen MR) is 234 cm³/mol. The Labute approximate surface area is 364 Å². The number of nitrogens with zero attached hydrogens (tertiary/aromatic N) is 1. The minimum atomic E-state index is -0.928. The number of hydrogen-bond acceptors (Lipinski definition) is 11. The Morgan fingerprint density at radius 2 is 1.62 bits per heavy atom. The molecule has 10 atom stereocenters. The molecule has 0 spiro atoms. The highest BCUT2D eigenvalue weighted by atomic mass is 16.6. The Morgan fingerprint density at radius 3 is 2.33 bits per heavy atom. The normalized spacial score (nSPS) is 35.8. The van der Waals surface area contributed by atoms with Gasteiger partial charge in [-0.1, -0.05) is 57.2 Å². The number of aliphatic hydroxyl groups excluding tert-OH is 1. The van der Waals surface area contributed by atoms with Crippen LogP contribution in [0.15, 0.2) is 47.6 Å². The molecule has 3 aliphatic heterocycles. The first kappa shape index (κ1) is 50.0. The number of fused-ring (bicyclic) bond motifs is 3. The first-order valence-electron chi connectivity index (χ1n) is 22.9. The predicted octanol–water partition coefficient (Wildman–Crippen LogP) is 6.98. The molecule has 1 saturated carbocycles. The molecule has 2 amide bonds. The SMILES string of the molecule is CO[C@H]1C[C@@H]2CCCC(O2)C(=O)C(=O)N2CCCC[C@H]2C(=O)O[C@H]([C@H](N)CC2CCC(OC(N)=O)CC2)CC[C@H](C)/C=C(\C)[C@@H](O)CC(=O)[C@H](C)C[C@H](C)/C=C/C=CC=C1C. The molecule has 5 N–H and O–H groups in total. The number of cyclic esters (lactones) is 1. The number of ketones is 2. The summed E-state index contributed by atoms with van der Waals surface area (Å²) in [4.78, 5) is 67.9. The molecule has 61 heavy (non-hydrogen) atoms. The number of ether oxygens (including phenoxy) is 4. The summed E-state index contributed by atoms with van der Waals surface area (Å²) in [5.41, 5.74) is 13.8. The molecular weight excluding hydrogens is 779 g/mol. The largest absolute Gasteiger partial charge is 0.459 e. The molecule has 0 aromatic carbocycles. The van der Waals surface area contributed by atoms with Crippen molar-refractivity contribution < 1.29 is 48.0 Å². The van der Waals surface area contributed by atoms with Crippen LogP contribution in [-0.2, 0) is 38.1 Å². The van der Waals surface area contributed by atoms with Crippen LogP contribution in [-0.4, -0.2) is 102 Å². The molecule has 13 heteroatoms. The molecule has 2 saturated heterocycles. The van der Waals surface area contributed by atoms with Crippen molar-refractivity contribution in [2.45, 2.75) is 186 Å². The van der Waals surface area contributed by atoms with Crippen molar-refractivity contribution in [3.05, 3.63) is 47.6 Å². The second-order valence-corrected chi connectivity index (χ2v) is 18.4. The maximum absolute atomic E-state index is 14.2. The van der Waals surface area contributed by atoms with Crippen LogP contribution >= 0.6 is 0 Å². The number of esters is 1. The zero-order valence-corrected chi connectivity index (χ0v) is 37.6. The number of piperidine rings is 1. The highest BCUT2D eigenvalue weighted by Crippen LogP contribution is 2.32. The summed E-state index contributed by atoms with van der Waals surface area (Å²) in [6.45, 7) is 10.1. The molecule has 3 fully saturated rings. The molecule has 0 aromatic heterocycles. The average molecular weight is 854 g/mol. The number of methoxy groups -OCH3 is 1. The third kappa shape index (κ3) is 15.9. The average Bonchev–Trinajstić information content (AvgIpc) is 3.23. The lowest BCUT2D eigenvalue weighted by Gasteiger charge is -2.37. The second kappa shape index (κ2) is 24.8. The number of hydrogen-bond donors (Lipinski definition) is 3. The zero-order valence-electron chi connectivity index (χ0n) is 37.6. The van der Waals surface area contributed by atoms with Crippen molar-refractivity contribution >= 4 is 29.5 Å². The number of aliphatic hydroxyl groups is 1. The number of nitrogens with two attached hydrogens (primary N) is 2. The van der Waals surface area contributed by atoms with Crippen LogP contribution in [0.1, 0.15) is 137 Å². The van der Waals surface area contributed by atoms with E-state index in [9.17, 15) is 29.1 Å². The van der Waals surface area contributed by atoms with Gasteiger partial charge in [0.2, 0.25) is 5.78 Å². The minimum absolute atomic E-state index is 0.00944. The van der Waals surface area contributed by atoms with Crippen LogP contribution in [0.4, 0.5) is 4.79 Å². The number of amides is 2. The van der Waals surface area contributed by atoms with Crippen LogP contribution in [0.5, 0.6) is 0 Å². The fourth-order valence-corrected chi connectivity index (χ4v) is 9.47. The van der Waals surface area contributed by atoms with E-state index in [-0.39, 0.29) is 60.7 Å². The molecule has 2 bridgehead atoms. The van der Waals surface area contributed by atoms with Gasteiger partial charge in [0.05, 0.1) is 18.3 Å². The van der Waals surface area contributed by atoms with Crippen LogP contribution < -0.4 is 11.5 Å². The third-order valence-corrected chi connectivity index (χ3v) is 13.3. The van der Waals surface area contributed by atoms with E-state index in [1.807, 2.05) is 58.1 Å². The molecule has 1 aliphatic carbocycles. The van der Waals surface area contributed by atoms with E-state index in [1.165, 1.54) is 4.90 Å². The number of Topliss-reactive ketones (excluding diaryl/α,β-unsaturated/α-hetero) is 2. The Bertz CT molecular complexity index is 1600. The Balaban J connectivity index is 1.57. The minimum Gasteiger partial charge on any atom is -0.459 e. The van der Waals surface area contributed by atoms with Crippen molar-refractivity contribution in [2.75, 3.05) is 13.7 Å². The lowest BCUT2D eigenvalue weighted by Crippen LogP contribution is -2.54. The molecular formula is C48H75N3O10. The lowest BCUT2D eigenvalue weighted by molar-refractivity contribution is -0.167. The summed E-state index contributed by atoms with van der Waals surface area (Å²) in [6, 6.07) is -1.44. The van der Waals surface area contributed by atoms with E-state index >= 15 is 0 Å². The highest BCUT2D eigenvalue weighted by molar-refractivity contribution is 6.38. The zero-order chi connectivity index (χ0) is 44.6. The van der Waals surface area contributed by atoms with Gasteiger partial charge in [0, 0.05) is 38.5 Å². The smallest absolute Gasteiger partial charge is 0.404 e. The summed E-state index contributed by atoms with van der Waals surface area (Å²) >= 11 is 0. The van der Waals surface area contributed by atoms with Gasteiger partial charge in [0.25, 0.3) is 5.91 Å². The fourth-order valence-electron chi connectivity index (χ4n) is 9.47. The topological polar surface area (TPSA) is 198 Å². The van der Waals surface area contributed by atoms with Crippen molar-refractivity contribution in [3.8, 4) is 0 Å². The molecule has 4 rings (SSSR count). The van der Waals surface area contributed by atoms with Gasteiger partial charge in [-0.3, -0.25) is 14.4 Å². The van der Waals surface area contributed by atoms with Gasteiger partial charge in [-0.15, -0.1) is 0 Å². The number of carbonyl (C=O) groups is 5. The van der Waals surface area contributed by atoms with Crippen molar-refractivity contribution in [1.29, 1.82) is 0 Å². The number of primary amides is 1. The molecule has 0 radical (unpaired) electrons. The maximum Gasteiger partial charge on any atom is 0.404 e. The van der Waals surface area contributed by atoms with Crippen molar-refractivity contribution in [2.24, 2.45) is 35.1 Å². The van der Waals surface area contributed by atoms with Gasteiger partial charge in [0.15, 0.2) is 0 Å². The highest BCUT2D eigenvalue weighted by Gasteiger charge is 2.42. The van der Waals surface area contributed by atoms with E-state index in [1.54, 1.807) is 7.11 Å². The Hall–Kier alpha value is -3.65. The number of rotatable bonds is 5. The quantitative estimate of drug-likeness (QED) is 0.147. The molecule has 0 aromatic rings. The molecule has 13 nitrogen and oxygen atoms in total. The Morgan fingerprint density at radius 1 is 0.885 bits per heavy atom. The van der Waals surface area contributed by atoms with Crippen LogP contribution in [0, 0.1) is 23.7 Å². The molecule has 4 aliphatic rings. The van der Waals surface area contributed by atoms with Gasteiger partial charge >= 0.3 is 12.1 Å². The van der Waals surface area contributed by atoms with E-state index in [0.29, 0.717) is 76.2 Å². The van der Waals surface area contributed by atoms with Crippen LogP contribution in [0.2, 0.25) is 0 Å². The Kier molecular flexibility index (Phi) is 20.4. The van der Waals surface area contributed by atoms with E-state index in [0.717, 1.165) is 31.3 Å². The van der Waals surface area contributed by atoms with Gasteiger partial charge in [0.1, 0.15) is 30.1 Å². The maximum atomic E-state index is 14.2. The monoisotopic (exact) mass is 854 g/mol. The van der Waals surface area contributed by atoms with E-state index < -0.39 is 54.1 Å². The molecule has 3 heterocycles. The molecule has 1 unspecified atom stereocenters. The van der Waals surface area contributed by atoms with Crippen LogP contribution in [0.3, 0.4) is 0 Å². The first-order chi connectivity index (χ1) is 29.1. The third-order valence-electron chi connectivity index (χ3n) is 13.3. The fraction of sp³-hybridized carbons (Fsp3) is 0.729. The van der Waals surface area contributed by atoms with Crippen LogP contribution in [0.25, 0.3) is 0 Å². The molecule has 342 valence electrons. The van der Waals surface area contributed by atoms with Gasteiger partial charge in [-0.2, -0.15) is 0 Å². The first-order valence-corrected chi connectivity index (χ1v) is 22.9. The standard InChI is InChI=1S/C48H75N3O10/c1-30-13-8-7-9-14-32(3)44(58-6)28-37-15-12-17-43(59-37)45(54)46(55)51-24-11-10-16-39(51)47(56)61-42(38(49)27-35-19-21-36(22-20-35)60-48(50)57)23-18-31(2)26-34(5)41(53)29-40(52)33(4)25-30/h7-9,13-14,26,30-31,33,35-39,41-44,53H,10-12,15-25,27-29,49H2,1-6H3,(H2,50,57)/b9-7?,13-8+,32-14?,34-26+/t30-,31+,33-,35?,36?,37+,38-,39+,41+,42+,43?,44+/m1/s1. The van der Waals surface area contributed by atoms with E-state index in [2.05, 4.69) is 13.0 Å². The van der Waals surface area contributed by atoms with E-state index in [4.69, 9.17) is 30.4 Å². The van der Waals surface area contributed by atoms with Gasteiger partial charge in [-0.05, 0) is 133 Å². The second-order valence-electron chi connectivity index (χ2n) is 18.4.